The van der Waals surface area contributed by atoms with E-state index < -0.39 is 18.2 Å². The van der Waals surface area contributed by atoms with E-state index >= 15 is 0 Å². The molecule has 0 atom stereocenters. The predicted molar refractivity (Wildman–Crippen MR) is 135 cm³/mol. The normalized spacial score (nSPS) is 10.8. The topological polar surface area (TPSA) is 79.8 Å². The Balaban J connectivity index is 1.57. The SMILES string of the molecule is O=C(CC(=O)Nc1ccc(Cl)c(Cl)c1)NN=Cc1cc(Br)ccc1OCc1ccccc1Cl. The van der Waals surface area contributed by atoms with Crippen molar-refractivity contribution in [2.75, 3.05) is 5.32 Å². The number of hydrogen-bond donors (Lipinski definition) is 2. The molecule has 0 aliphatic rings. The van der Waals surface area contributed by atoms with Crippen LogP contribution in [0.3, 0.4) is 0 Å². The van der Waals surface area contributed by atoms with Gasteiger partial charge in [0, 0.05) is 26.3 Å². The number of rotatable bonds is 8. The summed E-state index contributed by atoms with van der Waals surface area (Å²) in [5.74, 6) is -0.557. The van der Waals surface area contributed by atoms with Crippen molar-refractivity contribution in [3.63, 3.8) is 0 Å². The van der Waals surface area contributed by atoms with Gasteiger partial charge < -0.3 is 10.1 Å². The van der Waals surface area contributed by atoms with Crippen LogP contribution >= 0.6 is 50.7 Å². The molecule has 2 N–H and O–H groups in total. The molecular weight excluding hydrogens is 553 g/mol. The number of nitrogens with one attached hydrogen (secondary N) is 2. The molecule has 170 valence electrons. The minimum absolute atomic E-state index is 0.267. The Labute approximate surface area is 214 Å². The number of hydrogen-bond acceptors (Lipinski definition) is 4. The van der Waals surface area contributed by atoms with E-state index in [9.17, 15) is 9.59 Å². The Kier molecular flexibility index (Phi) is 9.14. The van der Waals surface area contributed by atoms with Gasteiger partial charge in [0.1, 0.15) is 18.8 Å². The van der Waals surface area contributed by atoms with Crippen molar-refractivity contribution in [2.45, 2.75) is 13.0 Å². The lowest BCUT2D eigenvalue weighted by Gasteiger charge is -2.10. The van der Waals surface area contributed by atoms with Gasteiger partial charge in [0.2, 0.25) is 11.8 Å². The molecule has 33 heavy (non-hydrogen) atoms. The van der Waals surface area contributed by atoms with Crippen molar-refractivity contribution in [1.82, 2.24) is 5.43 Å². The molecule has 0 saturated heterocycles. The Morgan fingerprint density at radius 2 is 1.73 bits per heavy atom. The Morgan fingerprint density at radius 1 is 0.939 bits per heavy atom. The average Bonchev–Trinajstić information content (AvgIpc) is 2.76. The Morgan fingerprint density at radius 3 is 2.48 bits per heavy atom. The van der Waals surface area contributed by atoms with Crippen molar-refractivity contribution in [3.05, 3.63) is 91.3 Å². The fourth-order valence-corrected chi connectivity index (χ4v) is 3.53. The third kappa shape index (κ3) is 7.75. The number of hydrazone groups is 1. The number of carbonyl (C=O) groups is 2. The second-order valence-electron chi connectivity index (χ2n) is 6.71. The molecule has 0 aliphatic carbocycles. The van der Waals surface area contributed by atoms with Crippen molar-refractivity contribution in [2.24, 2.45) is 5.10 Å². The fraction of sp³-hybridized carbons (Fsp3) is 0.0870. The molecule has 0 heterocycles. The third-order valence-electron chi connectivity index (χ3n) is 4.23. The first-order valence-corrected chi connectivity index (χ1v) is 11.5. The molecule has 0 spiro atoms. The number of anilines is 1. The fourth-order valence-electron chi connectivity index (χ4n) is 2.66. The van der Waals surface area contributed by atoms with E-state index in [4.69, 9.17) is 39.5 Å². The molecule has 0 aliphatic heterocycles. The summed E-state index contributed by atoms with van der Waals surface area (Å²) in [4.78, 5) is 24.1. The van der Waals surface area contributed by atoms with Crippen LogP contribution in [0, 0.1) is 0 Å². The van der Waals surface area contributed by atoms with Crippen molar-refractivity contribution >= 4 is 74.4 Å². The van der Waals surface area contributed by atoms with Gasteiger partial charge in [-0.1, -0.05) is 68.9 Å². The molecular formula is C23H17BrCl3N3O3. The number of nitrogens with zero attached hydrogens (tertiary/aromatic N) is 1. The number of halogens is 4. The summed E-state index contributed by atoms with van der Waals surface area (Å²) in [5.41, 5.74) is 4.22. The van der Waals surface area contributed by atoms with Gasteiger partial charge >= 0.3 is 0 Å². The molecule has 3 aromatic rings. The predicted octanol–water partition coefficient (Wildman–Crippen LogP) is 6.47. The highest BCUT2D eigenvalue weighted by molar-refractivity contribution is 9.10. The molecule has 0 fully saturated rings. The maximum Gasteiger partial charge on any atom is 0.249 e. The van der Waals surface area contributed by atoms with Crippen LogP contribution in [0.15, 0.2) is 70.2 Å². The summed E-state index contributed by atoms with van der Waals surface area (Å²) in [6, 6.07) is 17.4. The Bertz CT molecular complexity index is 1200. The minimum atomic E-state index is -0.586. The van der Waals surface area contributed by atoms with Gasteiger partial charge in [-0.25, -0.2) is 5.43 Å². The van der Waals surface area contributed by atoms with E-state index in [1.165, 1.54) is 12.3 Å². The number of amides is 2. The van der Waals surface area contributed by atoms with Gasteiger partial charge in [-0.2, -0.15) is 5.10 Å². The molecule has 3 rings (SSSR count). The van der Waals surface area contributed by atoms with E-state index in [0.29, 0.717) is 32.1 Å². The summed E-state index contributed by atoms with van der Waals surface area (Å²) in [7, 11) is 0. The van der Waals surface area contributed by atoms with Crippen LogP contribution in [-0.4, -0.2) is 18.0 Å². The highest BCUT2D eigenvalue weighted by atomic mass is 79.9. The maximum atomic E-state index is 12.1. The summed E-state index contributed by atoms with van der Waals surface area (Å²) in [6.07, 6.45) is 1.01. The Hall–Kier alpha value is -2.58. The van der Waals surface area contributed by atoms with Crippen LogP contribution in [0.5, 0.6) is 5.75 Å². The molecule has 0 unspecified atom stereocenters. The quantitative estimate of drug-likeness (QED) is 0.186. The first-order valence-electron chi connectivity index (χ1n) is 9.54. The van der Waals surface area contributed by atoms with Crippen LogP contribution in [0.25, 0.3) is 0 Å². The van der Waals surface area contributed by atoms with Gasteiger partial charge in [0.25, 0.3) is 0 Å². The first-order chi connectivity index (χ1) is 15.8. The van der Waals surface area contributed by atoms with E-state index in [1.807, 2.05) is 24.3 Å². The van der Waals surface area contributed by atoms with Gasteiger partial charge in [-0.05, 0) is 42.5 Å². The molecule has 0 radical (unpaired) electrons. The second-order valence-corrected chi connectivity index (χ2v) is 8.85. The molecule has 10 heteroatoms. The van der Waals surface area contributed by atoms with Crippen LogP contribution in [0.2, 0.25) is 15.1 Å². The maximum absolute atomic E-state index is 12.1. The number of benzene rings is 3. The summed E-state index contributed by atoms with van der Waals surface area (Å²) in [5, 5.41) is 7.77. The first kappa shape index (κ1) is 25.1. The van der Waals surface area contributed by atoms with Crippen molar-refractivity contribution in [1.29, 1.82) is 0 Å². The molecule has 6 nitrogen and oxygen atoms in total. The van der Waals surface area contributed by atoms with Crippen molar-refractivity contribution < 1.29 is 14.3 Å². The zero-order valence-corrected chi connectivity index (χ0v) is 20.8. The summed E-state index contributed by atoms with van der Waals surface area (Å²) >= 11 is 21.3. The molecule has 0 aromatic heterocycles. The van der Waals surface area contributed by atoms with Crippen LogP contribution < -0.4 is 15.5 Å². The minimum Gasteiger partial charge on any atom is -0.488 e. The van der Waals surface area contributed by atoms with Crippen LogP contribution in [0.4, 0.5) is 5.69 Å². The van der Waals surface area contributed by atoms with E-state index in [-0.39, 0.29) is 6.61 Å². The molecule has 2 amide bonds. The van der Waals surface area contributed by atoms with E-state index in [1.54, 1.807) is 30.3 Å². The molecule has 0 bridgehead atoms. The molecule has 0 saturated carbocycles. The lowest BCUT2D eigenvalue weighted by molar-refractivity contribution is -0.126. The van der Waals surface area contributed by atoms with Crippen LogP contribution in [0.1, 0.15) is 17.5 Å². The largest absolute Gasteiger partial charge is 0.488 e. The summed E-state index contributed by atoms with van der Waals surface area (Å²) in [6.45, 7) is 0.267. The zero-order valence-electron chi connectivity index (χ0n) is 16.9. The van der Waals surface area contributed by atoms with Crippen LogP contribution in [-0.2, 0) is 16.2 Å². The second kappa shape index (κ2) is 12.0. The number of carbonyl (C=O) groups excluding carboxylic acids is 2. The smallest absolute Gasteiger partial charge is 0.249 e. The van der Waals surface area contributed by atoms with Crippen molar-refractivity contribution in [3.8, 4) is 5.75 Å². The van der Waals surface area contributed by atoms with Gasteiger partial charge in [0.15, 0.2) is 0 Å². The lowest BCUT2D eigenvalue weighted by atomic mass is 10.2. The molecule has 3 aromatic carbocycles. The highest BCUT2D eigenvalue weighted by Gasteiger charge is 2.10. The highest BCUT2D eigenvalue weighted by Crippen LogP contribution is 2.25. The van der Waals surface area contributed by atoms with Gasteiger partial charge in [0.05, 0.1) is 16.3 Å². The lowest BCUT2D eigenvalue weighted by Crippen LogP contribution is -2.24. The third-order valence-corrected chi connectivity index (χ3v) is 5.83. The zero-order chi connectivity index (χ0) is 23.8. The van der Waals surface area contributed by atoms with Gasteiger partial charge in [-0.3, -0.25) is 9.59 Å². The summed E-state index contributed by atoms with van der Waals surface area (Å²) < 4.78 is 6.68. The van der Waals surface area contributed by atoms with Gasteiger partial charge in [-0.15, -0.1) is 0 Å². The van der Waals surface area contributed by atoms with E-state index in [0.717, 1.165) is 10.0 Å². The van der Waals surface area contributed by atoms with E-state index in [2.05, 4.69) is 31.8 Å². The number of ether oxygens (including phenoxy) is 1. The standard InChI is InChI=1S/C23H17BrCl3N3O3/c24-16-5-8-21(33-13-14-3-1-2-4-18(14)25)15(9-16)12-28-30-23(32)11-22(31)29-17-6-7-19(26)20(27)10-17/h1-10,12H,11,13H2,(H,29,31)(H,30,32). The monoisotopic (exact) mass is 567 g/mol. The average molecular weight is 570 g/mol.